The van der Waals surface area contributed by atoms with E-state index in [9.17, 15) is 9.18 Å². The third-order valence-electron chi connectivity index (χ3n) is 2.80. The number of hydrogen-bond acceptors (Lipinski definition) is 4. The highest BCUT2D eigenvalue weighted by atomic mass is 32.2. The summed E-state index contributed by atoms with van der Waals surface area (Å²) in [5.41, 5.74) is 0.385. The summed E-state index contributed by atoms with van der Waals surface area (Å²) in [5.74, 6) is 1.28. The number of carbonyl (C=O) groups excluding carboxylic acids is 1. The van der Waals surface area contributed by atoms with E-state index < -0.39 is 5.82 Å². The summed E-state index contributed by atoms with van der Waals surface area (Å²) in [7, 11) is 0. The molecule has 2 N–H and O–H groups in total. The van der Waals surface area contributed by atoms with Gasteiger partial charge in [-0.1, -0.05) is 0 Å². The third kappa shape index (κ3) is 3.94. The highest BCUT2D eigenvalue weighted by Crippen LogP contribution is 2.15. The van der Waals surface area contributed by atoms with Crippen molar-refractivity contribution < 1.29 is 9.18 Å². The number of rotatable bonds is 3. The third-order valence-corrected chi connectivity index (χ3v) is 3.93. The number of amides is 1. The molecular formula is C13H14FN3OS. The Morgan fingerprint density at radius 3 is 3.16 bits per heavy atom. The molecule has 1 saturated heterocycles. The molecule has 0 bridgehead atoms. The lowest BCUT2D eigenvalue weighted by Crippen LogP contribution is -2.39. The van der Waals surface area contributed by atoms with E-state index in [4.69, 9.17) is 5.26 Å². The van der Waals surface area contributed by atoms with Crippen LogP contribution in [-0.2, 0) is 4.79 Å². The van der Waals surface area contributed by atoms with Crippen LogP contribution in [0.25, 0.3) is 0 Å². The van der Waals surface area contributed by atoms with E-state index in [1.807, 2.05) is 11.8 Å². The molecule has 4 nitrogen and oxygen atoms in total. The fourth-order valence-corrected chi connectivity index (χ4v) is 2.82. The molecule has 100 valence electrons. The van der Waals surface area contributed by atoms with Gasteiger partial charge in [-0.3, -0.25) is 4.79 Å². The second-order valence-electron chi connectivity index (χ2n) is 4.28. The second-order valence-corrected chi connectivity index (χ2v) is 5.43. The summed E-state index contributed by atoms with van der Waals surface area (Å²) in [6, 6.07) is 5.91. The molecule has 6 heteroatoms. The minimum atomic E-state index is -0.578. The Kier molecular flexibility index (Phi) is 4.77. The zero-order valence-corrected chi connectivity index (χ0v) is 11.1. The lowest BCUT2D eigenvalue weighted by Gasteiger charge is -2.22. The van der Waals surface area contributed by atoms with Gasteiger partial charge in [-0.25, -0.2) is 4.39 Å². The average molecular weight is 279 g/mol. The minimum absolute atomic E-state index is 0.0656. The minimum Gasteiger partial charge on any atom is -0.326 e. The van der Waals surface area contributed by atoms with Crippen LogP contribution in [-0.4, -0.2) is 30.0 Å². The summed E-state index contributed by atoms with van der Waals surface area (Å²) in [4.78, 5) is 11.8. The summed E-state index contributed by atoms with van der Waals surface area (Å²) in [6.45, 7) is 0.914. The van der Waals surface area contributed by atoms with E-state index in [1.54, 1.807) is 6.07 Å². The number of carbonyl (C=O) groups is 1. The molecule has 0 aromatic heterocycles. The Bertz CT molecular complexity index is 509. The molecule has 0 spiro atoms. The van der Waals surface area contributed by atoms with Crippen LogP contribution in [0, 0.1) is 17.1 Å². The van der Waals surface area contributed by atoms with Gasteiger partial charge in [-0.05, 0) is 18.2 Å². The molecule has 0 saturated carbocycles. The molecule has 2 rings (SSSR count). The van der Waals surface area contributed by atoms with Crippen molar-refractivity contribution in [2.24, 2.45) is 0 Å². The predicted molar refractivity (Wildman–Crippen MR) is 73.5 cm³/mol. The summed E-state index contributed by atoms with van der Waals surface area (Å²) < 4.78 is 13.1. The van der Waals surface area contributed by atoms with Gasteiger partial charge in [0.25, 0.3) is 0 Å². The normalized spacial score (nSPS) is 18.6. The molecule has 1 aliphatic rings. The molecular weight excluding hydrogens is 265 g/mol. The zero-order valence-electron chi connectivity index (χ0n) is 10.3. The van der Waals surface area contributed by atoms with Gasteiger partial charge in [-0.2, -0.15) is 17.0 Å². The fraction of sp³-hybridized carbons (Fsp3) is 0.385. The lowest BCUT2D eigenvalue weighted by molar-refractivity contribution is -0.116. The van der Waals surface area contributed by atoms with Crippen LogP contribution in [0.3, 0.4) is 0 Å². The number of anilines is 1. The van der Waals surface area contributed by atoms with Gasteiger partial charge in [0.1, 0.15) is 11.9 Å². The monoisotopic (exact) mass is 279 g/mol. The zero-order chi connectivity index (χ0) is 13.7. The van der Waals surface area contributed by atoms with Crippen molar-refractivity contribution in [2.75, 3.05) is 23.4 Å². The molecule has 1 atom stereocenters. The molecule has 1 aliphatic heterocycles. The number of nitrogens with one attached hydrogen (secondary N) is 2. The first-order chi connectivity index (χ1) is 9.19. The first-order valence-electron chi connectivity index (χ1n) is 5.99. The Hall–Kier alpha value is -1.58. The molecule has 1 aromatic carbocycles. The molecule has 0 radical (unpaired) electrons. The Morgan fingerprint density at radius 1 is 1.63 bits per heavy atom. The van der Waals surface area contributed by atoms with Crippen LogP contribution in [0.1, 0.15) is 12.0 Å². The number of hydrogen-bond donors (Lipinski definition) is 2. The average Bonchev–Trinajstić information content (AvgIpc) is 2.42. The number of benzene rings is 1. The molecule has 1 aromatic rings. The first kappa shape index (κ1) is 13.8. The van der Waals surface area contributed by atoms with Crippen molar-refractivity contribution in [3.63, 3.8) is 0 Å². The number of nitriles is 1. The Morgan fingerprint density at radius 2 is 2.47 bits per heavy atom. The largest absolute Gasteiger partial charge is 0.326 e. The predicted octanol–water partition coefficient (Wildman–Crippen LogP) is 1.73. The van der Waals surface area contributed by atoms with Crippen molar-refractivity contribution in [1.82, 2.24) is 5.32 Å². The Balaban J connectivity index is 1.93. The van der Waals surface area contributed by atoms with Crippen LogP contribution in [0.2, 0.25) is 0 Å². The van der Waals surface area contributed by atoms with Crippen LogP contribution in [0.15, 0.2) is 18.2 Å². The van der Waals surface area contributed by atoms with Crippen molar-refractivity contribution in [3.8, 4) is 6.07 Å². The van der Waals surface area contributed by atoms with E-state index in [0.29, 0.717) is 12.1 Å². The lowest BCUT2D eigenvalue weighted by atomic mass is 10.2. The van der Waals surface area contributed by atoms with Gasteiger partial charge in [0.05, 0.1) is 5.56 Å². The van der Waals surface area contributed by atoms with Crippen LogP contribution >= 0.6 is 11.8 Å². The van der Waals surface area contributed by atoms with Crippen molar-refractivity contribution in [3.05, 3.63) is 29.6 Å². The molecule has 19 heavy (non-hydrogen) atoms. The quantitative estimate of drug-likeness (QED) is 0.884. The van der Waals surface area contributed by atoms with Gasteiger partial charge >= 0.3 is 0 Å². The maximum Gasteiger partial charge on any atom is 0.225 e. The molecule has 1 unspecified atom stereocenters. The smallest absolute Gasteiger partial charge is 0.225 e. The van der Waals surface area contributed by atoms with Crippen LogP contribution in [0.4, 0.5) is 10.1 Å². The SMILES string of the molecule is N#Cc1cc(NC(=O)CC2CSCCN2)ccc1F. The molecule has 1 heterocycles. The van der Waals surface area contributed by atoms with Gasteiger partial charge in [-0.15, -0.1) is 0 Å². The molecule has 0 aliphatic carbocycles. The number of halogens is 1. The van der Waals surface area contributed by atoms with Gasteiger partial charge in [0.2, 0.25) is 5.91 Å². The summed E-state index contributed by atoms with van der Waals surface area (Å²) >= 11 is 1.82. The van der Waals surface area contributed by atoms with Gasteiger partial charge < -0.3 is 10.6 Å². The van der Waals surface area contributed by atoms with Crippen LogP contribution < -0.4 is 10.6 Å². The summed E-state index contributed by atoms with van der Waals surface area (Å²) in [5, 5.41) is 14.7. The highest BCUT2D eigenvalue weighted by molar-refractivity contribution is 7.99. The molecule has 1 fully saturated rings. The Labute approximate surface area is 115 Å². The van der Waals surface area contributed by atoms with E-state index in [0.717, 1.165) is 18.1 Å². The number of thioether (sulfide) groups is 1. The van der Waals surface area contributed by atoms with E-state index in [-0.39, 0.29) is 17.5 Å². The topological polar surface area (TPSA) is 64.9 Å². The standard InChI is InChI=1S/C13H14FN3OS/c14-12-2-1-10(5-9(12)7-15)17-13(18)6-11-8-19-4-3-16-11/h1-2,5,11,16H,3-4,6,8H2,(H,17,18). The summed E-state index contributed by atoms with van der Waals surface area (Å²) in [6.07, 6.45) is 0.381. The van der Waals surface area contributed by atoms with Gasteiger partial charge in [0.15, 0.2) is 0 Å². The maximum atomic E-state index is 13.1. The van der Waals surface area contributed by atoms with Crippen molar-refractivity contribution >= 4 is 23.4 Å². The number of nitrogens with zero attached hydrogens (tertiary/aromatic N) is 1. The van der Waals surface area contributed by atoms with E-state index in [2.05, 4.69) is 10.6 Å². The highest BCUT2D eigenvalue weighted by Gasteiger charge is 2.16. The van der Waals surface area contributed by atoms with Gasteiger partial charge in [0, 0.05) is 36.2 Å². The van der Waals surface area contributed by atoms with Crippen molar-refractivity contribution in [2.45, 2.75) is 12.5 Å². The van der Waals surface area contributed by atoms with Crippen molar-refractivity contribution in [1.29, 1.82) is 5.26 Å². The maximum absolute atomic E-state index is 13.1. The van der Waals surface area contributed by atoms with Crippen LogP contribution in [0.5, 0.6) is 0 Å². The second kappa shape index (κ2) is 6.55. The fourth-order valence-electron chi connectivity index (χ4n) is 1.88. The first-order valence-corrected chi connectivity index (χ1v) is 7.15. The van der Waals surface area contributed by atoms with E-state index in [1.165, 1.54) is 18.2 Å². The molecule has 1 amide bonds. The van der Waals surface area contributed by atoms with E-state index >= 15 is 0 Å².